The van der Waals surface area contributed by atoms with E-state index in [0.29, 0.717) is 17.0 Å². The molecule has 1 heterocycles. The minimum Gasteiger partial charge on any atom is -0.489 e. The highest BCUT2D eigenvalue weighted by molar-refractivity contribution is 7.99. The molecule has 7 heteroatoms. The minimum atomic E-state index is -0.103. The van der Waals surface area contributed by atoms with Gasteiger partial charge >= 0.3 is 0 Å². The van der Waals surface area contributed by atoms with Crippen LogP contribution in [0.25, 0.3) is 10.8 Å². The first kappa shape index (κ1) is 23.7. The highest BCUT2D eigenvalue weighted by Crippen LogP contribution is 2.33. The second-order valence-corrected chi connectivity index (χ2v) is 10.2. The van der Waals surface area contributed by atoms with E-state index in [1.165, 1.54) is 11.3 Å². The SMILES string of the molecule is N=C(N)c1ccc2cc(OCc3ccccc3Sc3cccc(NC(=O)c4cccs4)c3)ccc2c1. The first-order valence-corrected chi connectivity index (χ1v) is 13.0. The van der Waals surface area contributed by atoms with Crippen LogP contribution in [-0.4, -0.2) is 11.7 Å². The summed E-state index contributed by atoms with van der Waals surface area (Å²) in [7, 11) is 0. The van der Waals surface area contributed by atoms with Crippen LogP contribution in [0.5, 0.6) is 5.75 Å². The molecule has 0 unspecified atom stereocenters. The van der Waals surface area contributed by atoms with Crippen LogP contribution in [0.15, 0.2) is 112 Å². The lowest BCUT2D eigenvalue weighted by molar-refractivity contribution is 0.103. The third kappa shape index (κ3) is 5.59. The molecule has 0 bridgehead atoms. The molecule has 36 heavy (non-hydrogen) atoms. The van der Waals surface area contributed by atoms with E-state index in [4.69, 9.17) is 15.9 Å². The number of hydrogen-bond acceptors (Lipinski definition) is 5. The van der Waals surface area contributed by atoms with Crippen LogP contribution in [0, 0.1) is 5.41 Å². The Morgan fingerprint density at radius 1 is 0.917 bits per heavy atom. The summed E-state index contributed by atoms with van der Waals surface area (Å²) in [5.41, 5.74) is 8.14. The first-order chi connectivity index (χ1) is 17.5. The van der Waals surface area contributed by atoms with Crippen molar-refractivity contribution in [2.75, 3.05) is 5.32 Å². The number of rotatable bonds is 8. The quantitative estimate of drug-likeness (QED) is 0.153. The largest absolute Gasteiger partial charge is 0.489 e. The molecular formula is C29H23N3O2S2. The molecule has 1 amide bonds. The molecule has 0 atom stereocenters. The molecule has 0 spiro atoms. The molecule has 4 N–H and O–H groups in total. The van der Waals surface area contributed by atoms with E-state index >= 15 is 0 Å². The van der Waals surface area contributed by atoms with Gasteiger partial charge < -0.3 is 15.8 Å². The fraction of sp³-hybridized carbons (Fsp3) is 0.0345. The van der Waals surface area contributed by atoms with E-state index < -0.39 is 0 Å². The lowest BCUT2D eigenvalue weighted by Crippen LogP contribution is -2.10. The number of nitrogens with two attached hydrogens (primary N) is 1. The summed E-state index contributed by atoms with van der Waals surface area (Å²) >= 11 is 3.05. The maximum absolute atomic E-state index is 12.4. The normalized spacial score (nSPS) is 10.8. The van der Waals surface area contributed by atoms with Gasteiger partial charge in [-0.25, -0.2) is 0 Å². The summed E-state index contributed by atoms with van der Waals surface area (Å²) in [4.78, 5) is 15.2. The van der Waals surface area contributed by atoms with Crippen molar-refractivity contribution in [2.45, 2.75) is 16.4 Å². The molecule has 0 aliphatic heterocycles. The Morgan fingerprint density at radius 3 is 2.58 bits per heavy atom. The van der Waals surface area contributed by atoms with Crippen molar-refractivity contribution < 1.29 is 9.53 Å². The summed E-state index contributed by atoms with van der Waals surface area (Å²) < 4.78 is 6.14. The predicted molar refractivity (Wildman–Crippen MR) is 149 cm³/mol. The van der Waals surface area contributed by atoms with Gasteiger partial charge in [-0.05, 0) is 64.7 Å². The molecule has 0 saturated carbocycles. The van der Waals surface area contributed by atoms with Crippen molar-refractivity contribution in [1.82, 2.24) is 0 Å². The molecule has 4 aromatic carbocycles. The summed E-state index contributed by atoms with van der Waals surface area (Å²) in [5.74, 6) is 0.728. The molecule has 0 saturated heterocycles. The molecule has 1 aromatic heterocycles. The Balaban J connectivity index is 1.28. The van der Waals surface area contributed by atoms with E-state index in [-0.39, 0.29) is 11.7 Å². The van der Waals surface area contributed by atoms with Gasteiger partial charge in [0.25, 0.3) is 5.91 Å². The van der Waals surface area contributed by atoms with Gasteiger partial charge in [0.05, 0.1) is 4.88 Å². The lowest BCUT2D eigenvalue weighted by Gasteiger charge is -2.12. The molecule has 5 aromatic rings. The second-order valence-electron chi connectivity index (χ2n) is 8.10. The first-order valence-electron chi connectivity index (χ1n) is 11.3. The van der Waals surface area contributed by atoms with Gasteiger partial charge in [-0.3, -0.25) is 10.2 Å². The zero-order valence-electron chi connectivity index (χ0n) is 19.2. The van der Waals surface area contributed by atoms with Crippen molar-refractivity contribution in [1.29, 1.82) is 5.41 Å². The average Bonchev–Trinajstić information content (AvgIpc) is 3.43. The number of nitrogens with one attached hydrogen (secondary N) is 2. The lowest BCUT2D eigenvalue weighted by atomic mass is 10.1. The van der Waals surface area contributed by atoms with Crippen molar-refractivity contribution in [2.24, 2.45) is 5.73 Å². The van der Waals surface area contributed by atoms with Crippen LogP contribution < -0.4 is 15.8 Å². The molecule has 0 aliphatic carbocycles. The Morgan fingerprint density at radius 2 is 1.75 bits per heavy atom. The van der Waals surface area contributed by atoms with Crippen LogP contribution in [0.3, 0.4) is 0 Å². The summed E-state index contributed by atoms with van der Waals surface area (Å²) in [6, 6.07) is 31.3. The van der Waals surface area contributed by atoms with E-state index in [1.54, 1.807) is 11.8 Å². The van der Waals surface area contributed by atoms with Crippen LogP contribution in [0.2, 0.25) is 0 Å². The number of amides is 1. The fourth-order valence-corrected chi connectivity index (χ4v) is 5.34. The second kappa shape index (κ2) is 10.7. The molecule has 178 valence electrons. The van der Waals surface area contributed by atoms with Crippen molar-refractivity contribution in [3.63, 3.8) is 0 Å². The number of fused-ring (bicyclic) bond motifs is 1. The van der Waals surface area contributed by atoms with Crippen LogP contribution >= 0.6 is 23.1 Å². The predicted octanol–water partition coefficient (Wildman–Crippen LogP) is 7.17. The van der Waals surface area contributed by atoms with Gasteiger partial charge in [-0.1, -0.05) is 60.3 Å². The molecular weight excluding hydrogens is 486 g/mol. The zero-order valence-corrected chi connectivity index (χ0v) is 20.9. The Labute approximate surface area is 217 Å². The summed E-state index contributed by atoms with van der Waals surface area (Å²) in [5, 5.41) is 14.5. The van der Waals surface area contributed by atoms with Gasteiger partial charge in [0.2, 0.25) is 0 Å². The molecule has 5 rings (SSSR count). The molecule has 5 nitrogen and oxygen atoms in total. The third-order valence-corrected chi connectivity index (χ3v) is 7.53. The van der Waals surface area contributed by atoms with Gasteiger partial charge in [0, 0.05) is 26.6 Å². The third-order valence-electron chi connectivity index (χ3n) is 5.55. The highest BCUT2D eigenvalue weighted by Gasteiger charge is 2.10. The number of amidine groups is 1. The number of benzene rings is 4. The smallest absolute Gasteiger partial charge is 0.265 e. The van der Waals surface area contributed by atoms with E-state index in [1.807, 2.05) is 90.3 Å². The van der Waals surface area contributed by atoms with Crippen LogP contribution in [0.1, 0.15) is 20.8 Å². The van der Waals surface area contributed by atoms with Gasteiger partial charge in [0.1, 0.15) is 18.2 Å². The highest BCUT2D eigenvalue weighted by atomic mass is 32.2. The number of ether oxygens (including phenoxy) is 1. The van der Waals surface area contributed by atoms with Gasteiger partial charge in [0.15, 0.2) is 0 Å². The number of thiophene rings is 1. The van der Waals surface area contributed by atoms with Crippen molar-refractivity contribution in [3.8, 4) is 5.75 Å². The van der Waals surface area contributed by atoms with Crippen LogP contribution in [0.4, 0.5) is 5.69 Å². The van der Waals surface area contributed by atoms with Crippen LogP contribution in [-0.2, 0) is 6.61 Å². The zero-order chi connectivity index (χ0) is 24.9. The Kier molecular flexibility index (Phi) is 7.02. The Bertz CT molecular complexity index is 1550. The minimum absolute atomic E-state index is 0.0572. The van der Waals surface area contributed by atoms with Gasteiger partial charge in [-0.2, -0.15) is 0 Å². The Hall–Kier alpha value is -4.07. The average molecular weight is 510 g/mol. The molecule has 0 fully saturated rings. The number of anilines is 1. The number of nitrogen functional groups attached to an aromatic ring is 1. The topological polar surface area (TPSA) is 88.2 Å². The van der Waals surface area contributed by atoms with Gasteiger partial charge in [-0.15, -0.1) is 11.3 Å². The van der Waals surface area contributed by atoms with Crippen molar-refractivity contribution in [3.05, 3.63) is 118 Å². The van der Waals surface area contributed by atoms with E-state index in [2.05, 4.69) is 17.4 Å². The summed E-state index contributed by atoms with van der Waals surface area (Å²) in [6.07, 6.45) is 0. The fourth-order valence-electron chi connectivity index (χ4n) is 3.73. The maximum Gasteiger partial charge on any atom is 0.265 e. The monoisotopic (exact) mass is 509 g/mol. The number of carbonyl (C=O) groups excluding carboxylic acids is 1. The van der Waals surface area contributed by atoms with Crippen molar-refractivity contribution >= 4 is 51.3 Å². The molecule has 0 aliphatic rings. The standard InChI is InChI=1S/C29H23N3O2S2/c30-28(31)21-11-10-20-16-24(13-12-19(20)15-21)34-18-22-5-1-2-8-26(22)36-25-7-3-6-23(17-25)32-29(33)27-9-4-14-35-27/h1-17H,18H2,(H3,30,31)(H,32,33). The number of hydrogen-bond donors (Lipinski definition) is 3. The molecule has 0 radical (unpaired) electrons. The maximum atomic E-state index is 12.4. The van der Waals surface area contributed by atoms with E-state index in [0.717, 1.165) is 37.6 Å². The number of carbonyl (C=O) groups is 1. The summed E-state index contributed by atoms with van der Waals surface area (Å²) in [6.45, 7) is 0.426. The van der Waals surface area contributed by atoms with E-state index in [9.17, 15) is 4.79 Å².